The van der Waals surface area contributed by atoms with Gasteiger partial charge in [-0.05, 0) is 13.8 Å². The Kier molecular flexibility index (Phi) is 5.45. The Morgan fingerprint density at radius 2 is 2.12 bits per heavy atom. The molecule has 0 saturated heterocycles. The smallest absolute Gasteiger partial charge is 0.171 e. The molecule has 0 aromatic carbocycles. The summed E-state index contributed by atoms with van der Waals surface area (Å²) in [6.07, 6.45) is 3.69. The molecule has 1 unspecified atom stereocenters. The van der Waals surface area contributed by atoms with Gasteiger partial charge in [-0.25, -0.2) is 0 Å². The fourth-order valence-electron chi connectivity index (χ4n) is 1.55. The number of hydrogen-bond acceptors (Lipinski definition) is 4. The molecular weight excluding hydrogens is 206 g/mol. The highest BCUT2D eigenvalue weighted by atomic mass is 16.7. The van der Waals surface area contributed by atoms with Crippen molar-refractivity contribution in [1.82, 2.24) is 15.1 Å². The van der Waals surface area contributed by atoms with Crippen molar-refractivity contribution < 1.29 is 9.47 Å². The van der Waals surface area contributed by atoms with Gasteiger partial charge in [-0.3, -0.25) is 4.68 Å². The third-order valence-electron chi connectivity index (χ3n) is 2.51. The van der Waals surface area contributed by atoms with Crippen LogP contribution in [-0.2, 0) is 22.6 Å². The number of aryl methyl sites for hydroxylation is 1. The molecule has 1 aromatic rings. The molecule has 0 aliphatic carbocycles. The number of nitrogens with one attached hydrogen (secondary N) is 1. The van der Waals surface area contributed by atoms with Gasteiger partial charge in [0.05, 0.1) is 12.2 Å². The van der Waals surface area contributed by atoms with Crippen LogP contribution >= 0.6 is 0 Å². The predicted octanol–water partition coefficient (Wildman–Crippen LogP) is 1.000. The second-order valence-corrected chi connectivity index (χ2v) is 3.71. The van der Waals surface area contributed by atoms with E-state index >= 15 is 0 Å². The van der Waals surface area contributed by atoms with Gasteiger partial charge in [-0.2, -0.15) is 5.10 Å². The van der Waals surface area contributed by atoms with Crippen LogP contribution in [-0.4, -0.2) is 36.3 Å². The Bertz CT molecular complexity index is 297. The van der Waals surface area contributed by atoms with Crippen molar-refractivity contribution >= 4 is 0 Å². The number of ether oxygens (including phenoxy) is 2. The molecule has 1 N–H and O–H groups in total. The van der Waals surface area contributed by atoms with E-state index in [0.29, 0.717) is 0 Å². The maximum Gasteiger partial charge on any atom is 0.171 e. The molecule has 0 saturated carbocycles. The first-order chi connectivity index (χ1) is 7.71. The summed E-state index contributed by atoms with van der Waals surface area (Å²) in [5, 5.41) is 7.55. The van der Waals surface area contributed by atoms with Gasteiger partial charge in [0, 0.05) is 39.1 Å². The Balaban J connectivity index is 2.38. The van der Waals surface area contributed by atoms with Gasteiger partial charge >= 0.3 is 0 Å². The average Bonchev–Trinajstić information content (AvgIpc) is 2.76. The van der Waals surface area contributed by atoms with E-state index in [4.69, 9.17) is 9.47 Å². The summed E-state index contributed by atoms with van der Waals surface area (Å²) in [6, 6.07) is 0.139. The minimum atomic E-state index is -0.221. The van der Waals surface area contributed by atoms with Gasteiger partial charge in [0.25, 0.3) is 0 Å². The van der Waals surface area contributed by atoms with Gasteiger partial charge in [0.2, 0.25) is 0 Å². The molecule has 1 atom stereocenters. The summed E-state index contributed by atoms with van der Waals surface area (Å²) < 4.78 is 12.2. The second-order valence-electron chi connectivity index (χ2n) is 3.71. The van der Waals surface area contributed by atoms with Crippen LogP contribution in [0.5, 0.6) is 0 Å². The van der Waals surface area contributed by atoms with E-state index in [9.17, 15) is 0 Å². The fourth-order valence-corrected chi connectivity index (χ4v) is 1.55. The molecule has 1 aromatic heterocycles. The minimum Gasteiger partial charge on any atom is -0.354 e. The molecule has 0 amide bonds. The van der Waals surface area contributed by atoms with Crippen molar-refractivity contribution in [2.45, 2.75) is 39.3 Å². The highest BCUT2D eigenvalue weighted by Crippen LogP contribution is 2.02. The van der Waals surface area contributed by atoms with E-state index in [-0.39, 0.29) is 12.3 Å². The van der Waals surface area contributed by atoms with Crippen LogP contribution < -0.4 is 5.32 Å². The van der Waals surface area contributed by atoms with Crippen LogP contribution in [0.3, 0.4) is 0 Å². The zero-order chi connectivity index (χ0) is 12.0. The fraction of sp³-hybridized carbons (Fsp3) is 0.727. The number of methoxy groups -OCH3 is 2. The number of rotatable bonds is 7. The van der Waals surface area contributed by atoms with E-state index in [0.717, 1.165) is 13.1 Å². The van der Waals surface area contributed by atoms with Crippen LogP contribution in [0.4, 0.5) is 0 Å². The molecule has 0 aliphatic rings. The van der Waals surface area contributed by atoms with Crippen molar-refractivity contribution in [3.8, 4) is 0 Å². The minimum absolute atomic E-state index is 0.139. The van der Waals surface area contributed by atoms with Crippen molar-refractivity contribution in [2.24, 2.45) is 0 Å². The molecule has 0 radical (unpaired) electrons. The molecule has 0 spiro atoms. The molecular formula is C11H21N3O2. The first-order valence-electron chi connectivity index (χ1n) is 5.51. The Labute approximate surface area is 96.7 Å². The topological polar surface area (TPSA) is 48.3 Å². The molecule has 0 fully saturated rings. The Hall–Kier alpha value is -0.910. The molecule has 1 rings (SSSR count). The summed E-state index contributed by atoms with van der Waals surface area (Å²) in [5.74, 6) is 0. The van der Waals surface area contributed by atoms with Gasteiger partial charge in [0.15, 0.2) is 6.29 Å². The maximum absolute atomic E-state index is 5.17. The molecule has 0 bridgehead atoms. The Morgan fingerprint density at radius 3 is 2.62 bits per heavy atom. The number of nitrogens with zero attached hydrogens (tertiary/aromatic N) is 2. The first kappa shape index (κ1) is 13.2. The van der Waals surface area contributed by atoms with Crippen LogP contribution in [0.1, 0.15) is 19.4 Å². The lowest BCUT2D eigenvalue weighted by molar-refractivity contribution is -0.119. The second kappa shape index (κ2) is 6.62. The van der Waals surface area contributed by atoms with Gasteiger partial charge in [-0.1, -0.05) is 0 Å². The van der Waals surface area contributed by atoms with E-state index in [1.54, 1.807) is 14.2 Å². The summed E-state index contributed by atoms with van der Waals surface area (Å²) >= 11 is 0. The highest BCUT2D eigenvalue weighted by molar-refractivity contribution is 5.03. The monoisotopic (exact) mass is 227 g/mol. The lowest BCUT2D eigenvalue weighted by atomic mass is 10.3. The average molecular weight is 227 g/mol. The van der Waals surface area contributed by atoms with Crippen molar-refractivity contribution in [2.75, 3.05) is 14.2 Å². The van der Waals surface area contributed by atoms with Gasteiger partial charge in [0.1, 0.15) is 0 Å². The van der Waals surface area contributed by atoms with Crippen molar-refractivity contribution in [1.29, 1.82) is 0 Å². The third-order valence-corrected chi connectivity index (χ3v) is 2.51. The van der Waals surface area contributed by atoms with Crippen LogP contribution in [0.15, 0.2) is 12.4 Å². The lowest BCUT2D eigenvalue weighted by Crippen LogP contribution is -2.39. The van der Waals surface area contributed by atoms with E-state index in [1.807, 2.05) is 24.0 Å². The van der Waals surface area contributed by atoms with Crippen LogP contribution in [0.25, 0.3) is 0 Å². The normalized spacial score (nSPS) is 13.3. The molecule has 5 heteroatoms. The number of aromatic nitrogens is 2. The van der Waals surface area contributed by atoms with Gasteiger partial charge in [-0.15, -0.1) is 0 Å². The first-order valence-corrected chi connectivity index (χ1v) is 5.51. The third kappa shape index (κ3) is 3.59. The van der Waals surface area contributed by atoms with E-state index < -0.39 is 0 Å². The zero-order valence-electron chi connectivity index (χ0n) is 10.4. The zero-order valence-corrected chi connectivity index (χ0v) is 10.4. The van der Waals surface area contributed by atoms with Crippen LogP contribution in [0.2, 0.25) is 0 Å². The van der Waals surface area contributed by atoms with E-state index in [1.165, 1.54) is 5.56 Å². The van der Waals surface area contributed by atoms with Crippen molar-refractivity contribution in [3.63, 3.8) is 0 Å². The summed E-state index contributed by atoms with van der Waals surface area (Å²) in [7, 11) is 3.28. The Morgan fingerprint density at radius 1 is 1.44 bits per heavy atom. The summed E-state index contributed by atoms with van der Waals surface area (Å²) in [5.41, 5.74) is 1.17. The molecule has 5 nitrogen and oxygen atoms in total. The SMILES string of the molecule is CCn1cc(CNC(C)C(OC)OC)cn1. The van der Waals surface area contributed by atoms with Gasteiger partial charge < -0.3 is 14.8 Å². The molecule has 92 valence electrons. The molecule has 16 heavy (non-hydrogen) atoms. The highest BCUT2D eigenvalue weighted by Gasteiger charge is 2.14. The largest absolute Gasteiger partial charge is 0.354 e. The predicted molar refractivity (Wildman–Crippen MR) is 62.0 cm³/mol. The summed E-state index contributed by atoms with van der Waals surface area (Å²) in [4.78, 5) is 0. The van der Waals surface area contributed by atoms with E-state index in [2.05, 4.69) is 17.3 Å². The quantitative estimate of drug-likeness (QED) is 0.706. The molecule has 0 aliphatic heterocycles. The molecule has 1 heterocycles. The summed E-state index contributed by atoms with van der Waals surface area (Å²) in [6.45, 7) is 5.76. The standard InChI is InChI=1S/C11H21N3O2/c1-5-14-8-10(7-13-14)6-12-9(2)11(15-3)16-4/h7-9,11-12H,5-6H2,1-4H3. The van der Waals surface area contributed by atoms with Crippen LogP contribution in [0, 0.1) is 0 Å². The lowest BCUT2D eigenvalue weighted by Gasteiger charge is -2.21. The maximum atomic E-state index is 5.17. The number of hydrogen-bond donors (Lipinski definition) is 1. The van der Waals surface area contributed by atoms with Crippen molar-refractivity contribution in [3.05, 3.63) is 18.0 Å².